The molecule has 0 radical (unpaired) electrons. The highest BCUT2D eigenvalue weighted by atomic mass is 79.9. The van der Waals surface area contributed by atoms with E-state index in [0.29, 0.717) is 6.54 Å². The van der Waals surface area contributed by atoms with Crippen molar-refractivity contribution in [2.75, 3.05) is 27.2 Å². The second kappa shape index (κ2) is 6.64. The van der Waals surface area contributed by atoms with Crippen molar-refractivity contribution >= 4 is 15.9 Å². The Hall–Kier alpha value is -0.450. The lowest BCUT2D eigenvalue weighted by atomic mass is 9.93. The summed E-state index contributed by atoms with van der Waals surface area (Å²) in [7, 11) is 4.15. The molecule has 0 spiro atoms. The minimum Gasteiger partial charge on any atom is -0.312 e. The number of rotatable bonds is 6. The third kappa shape index (κ3) is 5.94. The molecule has 0 aliphatic rings. The summed E-state index contributed by atoms with van der Waals surface area (Å²) in [6, 6.07) is 4.98. The number of hydrogen-bond acceptors (Lipinski definition) is 2. The monoisotopic (exact) mass is 316 g/mol. The summed E-state index contributed by atoms with van der Waals surface area (Å²) in [5.74, 6) is -0.200. The van der Waals surface area contributed by atoms with Crippen LogP contribution in [0.4, 0.5) is 4.39 Å². The van der Waals surface area contributed by atoms with Crippen LogP contribution in [0.25, 0.3) is 0 Å². The van der Waals surface area contributed by atoms with Crippen molar-refractivity contribution in [1.29, 1.82) is 0 Å². The molecule has 0 heterocycles. The number of halogens is 2. The molecule has 1 aromatic carbocycles. The summed E-state index contributed by atoms with van der Waals surface area (Å²) in [5, 5.41) is 3.39. The summed E-state index contributed by atoms with van der Waals surface area (Å²) in [6.07, 6.45) is 0. The molecule has 1 aromatic rings. The topological polar surface area (TPSA) is 15.3 Å². The Morgan fingerprint density at radius 2 is 1.94 bits per heavy atom. The van der Waals surface area contributed by atoms with Crippen molar-refractivity contribution in [1.82, 2.24) is 10.2 Å². The maximum absolute atomic E-state index is 13.2. The predicted octanol–water partition coefficient (Wildman–Crippen LogP) is 3.27. The van der Waals surface area contributed by atoms with Gasteiger partial charge in [0, 0.05) is 24.1 Å². The molecule has 4 heteroatoms. The molecule has 0 aromatic heterocycles. The fraction of sp³-hybridized carbons (Fsp3) is 0.571. The van der Waals surface area contributed by atoms with E-state index in [2.05, 4.69) is 54.1 Å². The van der Waals surface area contributed by atoms with Crippen LogP contribution in [0.15, 0.2) is 22.7 Å². The predicted molar refractivity (Wildman–Crippen MR) is 78.1 cm³/mol. The Labute approximate surface area is 118 Å². The molecule has 0 unspecified atom stereocenters. The van der Waals surface area contributed by atoms with Gasteiger partial charge in [0.25, 0.3) is 0 Å². The van der Waals surface area contributed by atoms with E-state index in [0.717, 1.165) is 23.1 Å². The zero-order chi connectivity index (χ0) is 13.8. The first-order valence-electron chi connectivity index (χ1n) is 6.09. The van der Waals surface area contributed by atoms with Gasteiger partial charge in [-0.05, 0) is 43.3 Å². The first-order valence-corrected chi connectivity index (χ1v) is 6.88. The van der Waals surface area contributed by atoms with Crippen molar-refractivity contribution < 1.29 is 4.39 Å². The van der Waals surface area contributed by atoms with Crippen LogP contribution in [0, 0.1) is 11.2 Å². The van der Waals surface area contributed by atoms with Gasteiger partial charge in [-0.15, -0.1) is 0 Å². The third-order valence-corrected chi connectivity index (χ3v) is 3.06. The third-order valence-electron chi connectivity index (χ3n) is 2.60. The minimum absolute atomic E-state index is 0.200. The lowest BCUT2D eigenvalue weighted by Gasteiger charge is -2.28. The number of hydrogen-bond donors (Lipinski definition) is 1. The van der Waals surface area contributed by atoms with E-state index in [4.69, 9.17) is 0 Å². The van der Waals surface area contributed by atoms with Gasteiger partial charge >= 0.3 is 0 Å². The van der Waals surface area contributed by atoms with Crippen LogP contribution in [0.5, 0.6) is 0 Å². The van der Waals surface area contributed by atoms with Gasteiger partial charge in [0.05, 0.1) is 0 Å². The van der Waals surface area contributed by atoms with Gasteiger partial charge in [-0.3, -0.25) is 0 Å². The van der Waals surface area contributed by atoms with Crippen LogP contribution < -0.4 is 5.32 Å². The largest absolute Gasteiger partial charge is 0.312 e. The summed E-state index contributed by atoms with van der Waals surface area (Å²) in [6.45, 7) is 7.06. The fourth-order valence-corrected chi connectivity index (χ4v) is 2.68. The second-order valence-electron chi connectivity index (χ2n) is 5.78. The van der Waals surface area contributed by atoms with Gasteiger partial charge in [-0.2, -0.15) is 0 Å². The molecule has 1 rings (SSSR count). The second-order valence-corrected chi connectivity index (χ2v) is 6.70. The molecule has 102 valence electrons. The van der Waals surface area contributed by atoms with E-state index >= 15 is 0 Å². The maximum Gasteiger partial charge on any atom is 0.124 e. The van der Waals surface area contributed by atoms with E-state index in [1.54, 1.807) is 6.07 Å². The maximum atomic E-state index is 13.2. The highest BCUT2D eigenvalue weighted by Crippen LogP contribution is 2.17. The van der Waals surface area contributed by atoms with Crippen molar-refractivity contribution in [3.05, 3.63) is 34.1 Å². The molecule has 0 amide bonds. The Morgan fingerprint density at radius 3 is 2.50 bits per heavy atom. The first-order chi connectivity index (χ1) is 8.28. The van der Waals surface area contributed by atoms with E-state index in [9.17, 15) is 4.39 Å². The van der Waals surface area contributed by atoms with Crippen LogP contribution in [0.3, 0.4) is 0 Å². The molecule has 0 saturated carbocycles. The lowest BCUT2D eigenvalue weighted by Crippen LogP contribution is -2.37. The zero-order valence-corrected chi connectivity index (χ0v) is 13.1. The Kier molecular flexibility index (Phi) is 5.76. The zero-order valence-electron chi connectivity index (χ0n) is 11.6. The van der Waals surface area contributed by atoms with Crippen LogP contribution >= 0.6 is 15.9 Å². The number of benzene rings is 1. The number of nitrogens with zero attached hydrogens (tertiary/aromatic N) is 1. The molecule has 0 aliphatic carbocycles. The molecule has 0 aliphatic heterocycles. The normalized spacial score (nSPS) is 12.2. The van der Waals surface area contributed by atoms with E-state index in [1.807, 2.05) is 6.07 Å². The highest BCUT2D eigenvalue weighted by molar-refractivity contribution is 9.10. The SMILES string of the molecule is CN(C)CC(C)(C)CNCc1cc(F)cc(Br)c1. The standard InChI is InChI=1S/C14H22BrFN2/c1-14(2,10-18(3)4)9-17-8-11-5-12(15)7-13(16)6-11/h5-7,17H,8-10H2,1-4H3. The molecule has 0 saturated heterocycles. The highest BCUT2D eigenvalue weighted by Gasteiger charge is 2.18. The smallest absolute Gasteiger partial charge is 0.124 e. The van der Waals surface area contributed by atoms with Crippen molar-refractivity contribution in [3.63, 3.8) is 0 Å². The van der Waals surface area contributed by atoms with Crippen molar-refractivity contribution in [3.8, 4) is 0 Å². The summed E-state index contributed by atoms with van der Waals surface area (Å²) in [4.78, 5) is 2.18. The Morgan fingerprint density at radius 1 is 1.28 bits per heavy atom. The lowest BCUT2D eigenvalue weighted by molar-refractivity contribution is 0.232. The molecule has 2 nitrogen and oxygen atoms in total. The van der Waals surface area contributed by atoms with Gasteiger partial charge < -0.3 is 10.2 Å². The average Bonchev–Trinajstić information content (AvgIpc) is 2.12. The van der Waals surface area contributed by atoms with Crippen molar-refractivity contribution in [2.45, 2.75) is 20.4 Å². The van der Waals surface area contributed by atoms with Crippen LogP contribution in [-0.2, 0) is 6.54 Å². The quantitative estimate of drug-likeness (QED) is 0.866. The molecule has 1 N–H and O–H groups in total. The van der Waals surface area contributed by atoms with Gasteiger partial charge in [0.2, 0.25) is 0 Å². The summed E-state index contributed by atoms with van der Waals surface area (Å²) < 4.78 is 14.0. The summed E-state index contributed by atoms with van der Waals surface area (Å²) >= 11 is 3.30. The molecular weight excluding hydrogens is 295 g/mol. The van der Waals surface area contributed by atoms with E-state index in [-0.39, 0.29) is 11.2 Å². The molecule has 0 bridgehead atoms. The van der Waals surface area contributed by atoms with Crippen LogP contribution in [0.1, 0.15) is 19.4 Å². The van der Waals surface area contributed by atoms with E-state index in [1.165, 1.54) is 6.07 Å². The van der Waals surface area contributed by atoms with Gasteiger partial charge in [-0.1, -0.05) is 29.8 Å². The Bertz CT molecular complexity index is 371. The molecular formula is C14H22BrFN2. The number of nitrogens with one attached hydrogen (secondary N) is 1. The van der Waals surface area contributed by atoms with Crippen LogP contribution in [0.2, 0.25) is 0 Å². The Balaban J connectivity index is 2.46. The van der Waals surface area contributed by atoms with Gasteiger partial charge in [0.1, 0.15) is 5.82 Å². The molecule has 0 atom stereocenters. The van der Waals surface area contributed by atoms with Gasteiger partial charge in [-0.25, -0.2) is 4.39 Å². The van der Waals surface area contributed by atoms with Crippen LogP contribution in [-0.4, -0.2) is 32.1 Å². The van der Waals surface area contributed by atoms with E-state index < -0.39 is 0 Å². The fourth-order valence-electron chi connectivity index (χ4n) is 2.17. The average molecular weight is 317 g/mol. The van der Waals surface area contributed by atoms with Gasteiger partial charge in [0.15, 0.2) is 0 Å². The molecule has 0 fully saturated rings. The van der Waals surface area contributed by atoms with Crippen molar-refractivity contribution in [2.24, 2.45) is 5.41 Å². The minimum atomic E-state index is -0.200. The first kappa shape index (κ1) is 15.6. The summed E-state index contributed by atoms with van der Waals surface area (Å²) in [5.41, 5.74) is 1.16. The molecule has 18 heavy (non-hydrogen) atoms.